The maximum atomic E-state index is 12.1. The minimum Gasteiger partial charge on any atom is -0.352 e. The highest BCUT2D eigenvalue weighted by Gasteiger charge is 2.08. The molecule has 1 aromatic carbocycles. The molecule has 1 aromatic rings. The first-order valence-corrected chi connectivity index (χ1v) is 6.85. The second kappa shape index (κ2) is 9.18. The van der Waals surface area contributed by atoms with E-state index in [1.807, 2.05) is 18.2 Å². The fourth-order valence-corrected chi connectivity index (χ4v) is 1.79. The average molecular weight is 258 g/mol. The summed E-state index contributed by atoms with van der Waals surface area (Å²) >= 11 is 0. The van der Waals surface area contributed by atoms with Gasteiger partial charge in [-0.25, -0.2) is 0 Å². The first kappa shape index (κ1) is 15.3. The maximum Gasteiger partial charge on any atom is 0.252 e. The first-order valence-electron chi connectivity index (χ1n) is 6.85. The molecule has 0 radical (unpaired) electrons. The van der Waals surface area contributed by atoms with Crippen LogP contribution in [0.25, 0.3) is 0 Å². The predicted octanol–water partition coefficient (Wildman–Crippen LogP) is 2.31. The Hall–Kier alpha value is -1.79. The minimum atomic E-state index is -0.0570. The van der Waals surface area contributed by atoms with Crippen LogP contribution in [-0.2, 0) is 0 Å². The summed E-state index contributed by atoms with van der Waals surface area (Å²) < 4.78 is 0. The van der Waals surface area contributed by atoms with Crippen molar-refractivity contribution in [3.05, 3.63) is 35.4 Å². The molecule has 19 heavy (non-hydrogen) atoms. The summed E-state index contributed by atoms with van der Waals surface area (Å²) in [5, 5.41) is 2.94. The third kappa shape index (κ3) is 5.58. The van der Waals surface area contributed by atoms with Crippen molar-refractivity contribution in [2.24, 2.45) is 5.73 Å². The van der Waals surface area contributed by atoms with Gasteiger partial charge in [0.15, 0.2) is 0 Å². The lowest BCUT2D eigenvalue weighted by atomic mass is 10.1. The fraction of sp³-hybridized carbons (Fsp3) is 0.438. The molecule has 0 aliphatic carbocycles. The van der Waals surface area contributed by atoms with Crippen molar-refractivity contribution in [3.63, 3.8) is 0 Å². The van der Waals surface area contributed by atoms with Crippen LogP contribution >= 0.6 is 0 Å². The van der Waals surface area contributed by atoms with Crippen LogP contribution in [0.3, 0.4) is 0 Å². The molecule has 0 unspecified atom stereocenters. The smallest absolute Gasteiger partial charge is 0.252 e. The minimum absolute atomic E-state index is 0.0570. The Balaban J connectivity index is 2.56. The normalized spacial score (nSPS) is 9.58. The number of nitrogens with one attached hydrogen (secondary N) is 1. The molecule has 0 bridgehead atoms. The van der Waals surface area contributed by atoms with Gasteiger partial charge in [0.1, 0.15) is 0 Å². The summed E-state index contributed by atoms with van der Waals surface area (Å²) in [5.74, 6) is 5.65. The van der Waals surface area contributed by atoms with Crippen LogP contribution in [0.15, 0.2) is 24.3 Å². The van der Waals surface area contributed by atoms with E-state index in [1.54, 1.807) is 6.07 Å². The number of amides is 1. The SMILES string of the molecule is CCCCCCNC(=O)c1ccccc1C#CCN. The molecule has 0 heterocycles. The second-order valence-electron chi connectivity index (χ2n) is 4.37. The van der Waals surface area contributed by atoms with Crippen molar-refractivity contribution in [1.29, 1.82) is 0 Å². The van der Waals surface area contributed by atoms with E-state index in [9.17, 15) is 4.79 Å². The number of rotatable bonds is 6. The van der Waals surface area contributed by atoms with E-state index < -0.39 is 0 Å². The second-order valence-corrected chi connectivity index (χ2v) is 4.37. The van der Waals surface area contributed by atoms with Crippen LogP contribution in [0.5, 0.6) is 0 Å². The molecule has 0 fully saturated rings. The Kier molecular flexibility index (Phi) is 7.38. The summed E-state index contributed by atoms with van der Waals surface area (Å²) in [6.07, 6.45) is 4.60. The molecule has 0 aromatic heterocycles. The van der Waals surface area contributed by atoms with Gasteiger partial charge < -0.3 is 11.1 Å². The molecule has 3 heteroatoms. The highest BCUT2D eigenvalue weighted by atomic mass is 16.1. The van der Waals surface area contributed by atoms with Gasteiger partial charge in [-0.05, 0) is 18.6 Å². The molecule has 0 atom stereocenters. The molecule has 0 aliphatic rings. The topological polar surface area (TPSA) is 55.1 Å². The van der Waals surface area contributed by atoms with Crippen LogP contribution in [0.2, 0.25) is 0 Å². The summed E-state index contributed by atoms with van der Waals surface area (Å²) in [4.78, 5) is 12.1. The number of carbonyl (C=O) groups excluding carboxylic acids is 1. The number of carbonyl (C=O) groups is 1. The highest BCUT2D eigenvalue weighted by molar-refractivity contribution is 5.96. The van der Waals surface area contributed by atoms with Gasteiger partial charge in [-0.2, -0.15) is 0 Å². The van der Waals surface area contributed by atoms with E-state index in [2.05, 4.69) is 24.1 Å². The number of benzene rings is 1. The average Bonchev–Trinajstić information content (AvgIpc) is 2.45. The zero-order valence-corrected chi connectivity index (χ0v) is 11.5. The molecule has 3 N–H and O–H groups in total. The third-order valence-corrected chi connectivity index (χ3v) is 2.81. The fourth-order valence-electron chi connectivity index (χ4n) is 1.79. The maximum absolute atomic E-state index is 12.1. The summed E-state index contributed by atoms with van der Waals surface area (Å²) in [6, 6.07) is 7.36. The van der Waals surface area contributed by atoms with E-state index in [0.29, 0.717) is 12.1 Å². The van der Waals surface area contributed by atoms with Gasteiger partial charge in [-0.3, -0.25) is 4.79 Å². The van der Waals surface area contributed by atoms with Crippen LogP contribution in [0.1, 0.15) is 48.5 Å². The lowest BCUT2D eigenvalue weighted by Gasteiger charge is -2.06. The molecule has 0 saturated heterocycles. The molecular weight excluding hydrogens is 236 g/mol. The lowest BCUT2D eigenvalue weighted by Crippen LogP contribution is -2.25. The van der Waals surface area contributed by atoms with Crippen molar-refractivity contribution in [2.45, 2.75) is 32.6 Å². The molecule has 0 saturated carbocycles. The Morgan fingerprint density at radius 3 is 2.79 bits per heavy atom. The Morgan fingerprint density at radius 1 is 1.26 bits per heavy atom. The third-order valence-electron chi connectivity index (χ3n) is 2.81. The molecule has 1 amide bonds. The van der Waals surface area contributed by atoms with Gasteiger partial charge in [0.2, 0.25) is 0 Å². The number of nitrogens with two attached hydrogens (primary N) is 1. The van der Waals surface area contributed by atoms with Gasteiger partial charge in [0.05, 0.1) is 12.1 Å². The first-order chi connectivity index (χ1) is 9.29. The number of hydrogen-bond donors (Lipinski definition) is 2. The monoisotopic (exact) mass is 258 g/mol. The van der Waals surface area contributed by atoms with Gasteiger partial charge in [-0.15, -0.1) is 0 Å². The van der Waals surface area contributed by atoms with Crippen LogP contribution in [0.4, 0.5) is 0 Å². The van der Waals surface area contributed by atoms with Crippen molar-refractivity contribution in [2.75, 3.05) is 13.1 Å². The largest absolute Gasteiger partial charge is 0.352 e. The lowest BCUT2D eigenvalue weighted by molar-refractivity contribution is 0.0952. The van der Waals surface area contributed by atoms with Gasteiger partial charge >= 0.3 is 0 Å². The summed E-state index contributed by atoms with van der Waals surface area (Å²) in [6.45, 7) is 3.19. The zero-order chi connectivity index (χ0) is 13.9. The Morgan fingerprint density at radius 2 is 2.05 bits per heavy atom. The summed E-state index contributed by atoms with van der Waals surface area (Å²) in [5.41, 5.74) is 6.71. The van der Waals surface area contributed by atoms with Crippen LogP contribution in [0, 0.1) is 11.8 Å². The van der Waals surface area contributed by atoms with E-state index in [-0.39, 0.29) is 5.91 Å². The highest BCUT2D eigenvalue weighted by Crippen LogP contribution is 2.07. The Bertz CT molecular complexity index is 457. The van der Waals surface area contributed by atoms with Crippen molar-refractivity contribution < 1.29 is 4.79 Å². The van der Waals surface area contributed by atoms with Crippen molar-refractivity contribution >= 4 is 5.91 Å². The molecule has 0 spiro atoms. The van der Waals surface area contributed by atoms with Gasteiger partial charge in [0.25, 0.3) is 5.91 Å². The standard InChI is InChI=1S/C16H22N2O/c1-2-3-4-7-13-18-16(19)15-11-6-5-9-14(15)10-8-12-17/h5-6,9,11H,2-4,7,12-13,17H2,1H3,(H,18,19). The number of unbranched alkanes of at least 4 members (excludes halogenated alkanes) is 3. The summed E-state index contributed by atoms with van der Waals surface area (Å²) in [7, 11) is 0. The zero-order valence-electron chi connectivity index (χ0n) is 11.5. The van der Waals surface area contributed by atoms with Crippen LogP contribution < -0.4 is 11.1 Å². The van der Waals surface area contributed by atoms with E-state index >= 15 is 0 Å². The van der Waals surface area contributed by atoms with E-state index in [4.69, 9.17) is 5.73 Å². The molecular formula is C16H22N2O. The predicted molar refractivity (Wildman–Crippen MR) is 78.8 cm³/mol. The molecule has 102 valence electrons. The van der Waals surface area contributed by atoms with Crippen molar-refractivity contribution in [1.82, 2.24) is 5.32 Å². The van der Waals surface area contributed by atoms with Crippen molar-refractivity contribution in [3.8, 4) is 11.8 Å². The number of hydrogen-bond acceptors (Lipinski definition) is 2. The molecule has 1 rings (SSSR count). The van der Waals surface area contributed by atoms with Crippen LogP contribution in [-0.4, -0.2) is 19.0 Å². The quantitative estimate of drug-likeness (QED) is 0.607. The van der Waals surface area contributed by atoms with Gasteiger partial charge in [-0.1, -0.05) is 50.2 Å². The van der Waals surface area contributed by atoms with E-state index in [1.165, 1.54) is 12.8 Å². The molecule has 3 nitrogen and oxygen atoms in total. The van der Waals surface area contributed by atoms with Gasteiger partial charge in [0, 0.05) is 12.1 Å². The van der Waals surface area contributed by atoms with E-state index in [0.717, 1.165) is 24.9 Å². The molecule has 0 aliphatic heterocycles. The Labute approximate surface area is 115 Å².